The SMILES string of the molecule is COC(=O)c1ccc(OCc2ccoc2)cc1. The third-order valence-corrected chi connectivity index (χ3v) is 2.26. The lowest BCUT2D eigenvalue weighted by Gasteiger charge is -2.05. The Balaban J connectivity index is 1.96. The minimum Gasteiger partial charge on any atom is -0.489 e. The molecule has 17 heavy (non-hydrogen) atoms. The molecule has 88 valence electrons. The molecule has 1 heterocycles. The van der Waals surface area contributed by atoms with Crippen LogP contribution >= 0.6 is 0 Å². The molecule has 0 saturated heterocycles. The first-order valence-corrected chi connectivity index (χ1v) is 5.12. The number of carbonyl (C=O) groups excluding carboxylic acids is 1. The van der Waals surface area contributed by atoms with Gasteiger partial charge in [0.05, 0.1) is 25.2 Å². The number of methoxy groups -OCH3 is 1. The van der Waals surface area contributed by atoms with Crippen molar-refractivity contribution in [2.75, 3.05) is 7.11 Å². The molecule has 0 aliphatic rings. The van der Waals surface area contributed by atoms with Crippen LogP contribution in [0.5, 0.6) is 5.75 Å². The van der Waals surface area contributed by atoms with Gasteiger partial charge in [-0.05, 0) is 30.3 Å². The molecular formula is C13H12O4. The highest BCUT2D eigenvalue weighted by atomic mass is 16.5. The van der Waals surface area contributed by atoms with E-state index >= 15 is 0 Å². The Morgan fingerprint density at radius 1 is 1.24 bits per heavy atom. The molecule has 4 heteroatoms. The lowest BCUT2D eigenvalue weighted by atomic mass is 10.2. The molecule has 4 nitrogen and oxygen atoms in total. The number of rotatable bonds is 4. The van der Waals surface area contributed by atoms with Crippen molar-refractivity contribution in [3.05, 3.63) is 54.0 Å². The van der Waals surface area contributed by atoms with E-state index in [1.165, 1.54) is 7.11 Å². The maximum atomic E-state index is 11.2. The van der Waals surface area contributed by atoms with Crippen molar-refractivity contribution in [1.82, 2.24) is 0 Å². The first-order valence-electron chi connectivity index (χ1n) is 5.12. The lowest BCUT2D eigenvalue weighted by molar-refractivity contribution is 0.0600. The van der Waals surface area contributed by atoms with Gasteiger partial charge in [-0.3, -0.25) is 0 Å². The fourth-order valence-electron chi connectivity index (χ4n) is 1.35. The highest BCUT2D eigenvalue weighted by Crippen LogP contribution is 2.14. The van der Waals surface area contributed by atoms with Crippen LogP contribution < -0.4 is 4.74 Å². The maximum absolute atomic E-state index is 11.2. The molecule has 0 fully saturated rings. The van der Waals surface area contributed by atoms with Crippen LogP contribution in [0.3, 0.4) is 0 Å². The summed E-state index contributed by atoms with van der Waals surface area (Å²) in [5.74, 6) is 0.338. The third-order valence-electron chi connectivity index (χ3n) is 2.26. The van der Waals surface area contributed by atoms with Gasteiger partial charge >= 0.3 is 5.97 Å². The second kappa shape index (κ2) is 5.21. The smallest absolute Gasteiger partial charge is 0.337 e. The summed E-state index contributed by atoms with van der Waals surface area (Å²) in [6, 6.07) is 8.62. The van der Waals surface area contributed by atoms with E-state index in [4.69, 9.17) is 9.15 Å². The fourth-order valence-corrected chi connectivity index (χ4v) is 1.35. The van der Waals surface area contributed by atoms with Gasteiger partial charge in [-0.2, -0.15) is 0 Å². The van der Waals surface area contributed by atoms with E-state index in [1.807, 2.05) is 6.07 Å². The average molecular weight is 232 g/mol. The van der Waals surface area contributed by atoms with Gasteiger partial charge in [-0.25, -0.2) is 4.79 Å². The van der Waals surface area contributed by atoms with Crippen LogP contribution in [0.4, 0.5) is 0 Å². The van der Waals surface area contributed by atoms with Crippen LogP contribution in [0, 0.1) is 0 Å². The summed E-state index contributed by atoms with van der Waals surface area (Å²) in [4.78, 5) is 11.2. The van der Waals surface area contributed by atoms with Gasteiger partial charge < -0.3 is 13.9 Å². The summed E-state index contributed by atoms with van der Waals surface area (Å²) in [6.45, 7) is 0.439. The average Bonchev–Trinajstić information content (AvgIpc) is 2.89. The van der Waals surface area contributed by atoms with Crippen LogP contribution in [-0.2, 0) is 11.3 Å². The van der Waals surface area contributed by atoms with Crippen LogP contribution in [-0.4, -0.2) is 13.1 Å². The molecule has 0 unspecified atom stereocenters. The van der Waals surface area contributed by atoms with Crippen molar-refractivity contribution in [3.8, 4) is 5.75 Å². The quantitative estimate of drug-likeness (QED) is 0.760. The monoisotopic (exact) mass is 232 g/mol. The van der Waals surface area contributed by atoms with Gasteiger partial charge in [-0.15, -0.1) is 0 Å². The van der Waals surface area contributed by atoms with Crippen molar-refractivity contribution < 1.29 is 18.7 Å². The van der Waals surface area contributed by atoms with Gasteiger partial charge in [0.15, 0.2) is 0 Å². The van der Waals surface area contributed by atoms with Gasteiger partial charge in [0.2, 0.25) is 0 Å². The van der Waals surface area contributed by atoms with E-state index in [0.717, 1.165) is 5.56 Å². The minimum absolute atomic E-state index is 0.355. The molecule has 2 rings (SSSR count). The number of benzene rings is 1. The first-order chi connectivity index (χ1) is 8.29. The molecule has 0 radical (unpaired) electrons. The van der Waals surface area contributed by atoms with Crippen molar-refractivity contribution >= 4 is 5.97 Å². The summed E-state index contributed by atoms with van der Waals surface area (Å²) in [7, 11) is 1.35. The molecule has 0 atom stereocenters. The van der Waals surface area contributed by atoms with Crippen LogP contribution in [0.1, 0.15) is 15.9 Å². The van der Waals surface area contributed by atoms with Crippen molar-refractivity contribution in [3.63, 3.8) is 0 Å². The number of esters is 1. The van der Waals surface area contributed by atoms with Gasteiger partial charge in [0, 0.05) is 5.56 Å². The predicted molar refractivity (Wildman–Crippen MR) is 60.8 cm³/mol. The van der Waals surface area contributed by atoms with Crippen LogP contribution in [0.15, 0.2) is 47.3 Å². The topological polar surface area (TPSA) is 48.7 Å². The molecule has 1 aromatic heterocycles. The molecule has 2 aromatic rings. The summed E-state index contributed by atoms with van der Waals surface area (Å²) in [6.07, 6.45) is 3.22. The largest absolute Gasteiger partial charge is 0.489 e. The zero-order valence-corrected chi connectivity index (χ0v) is 9.38. The molecule has 0 bridgehead atoms. The number of ether oxygens (including phenoxy) is 2. The Labute approximate surface area is 98.8 Å². The Kier molecular flexibility index (Phi) is 3.45. The van der Waals surface area contributed by atoms with Crippen molar-refractivity contribution in [2.24, 2.45) is 0 Å². The number of hydrogen-bond acceptors (Lipinski definition) is 4. The number of hydrogen-bond donors (Lipinski definition) is 0. The minimum atomic E-state index is -0.355. The van der Waals surface area contributed by atoms with Gasteiger partial charge in [0.25, 0.3) is 0 Å². The van der Waals surface area contributed by atoms with Crippen molar-refractivity contribution in [2.45, 2.75) is 6.61 Å². The van der Waals surface area contributed by atoms with E-state index in [2.05, 4.69) is 4.74 Å². The summed E-state index contributed by atoms with van der Waals surface area (Å²) in [5.41, 5.74) is 1.46. The normalized spacial score (nSPS) is 9.94. The zero-order chi connectivity index (χ0) is 12.1. The first kappa shape index (κ1) is 11.3. The zero-order valence-electron chi connectivity index (χ0n) is 9.38. The Bertz CT molecular complexity index is 471. The Morgan fingerprint density at radius 3 is 2.59 bits per heavy atom. The van der Waals surface area contributed by atoms with Crippen LogP contribution in [0.25, 0.3) is 0 Å². The molecule has 0 N–H and O–H groups in total. The lowest BCUT2D eigenvalue weighted by Crippen LogP contribution is -2.01. The second-order valence-electron chi connectivity index (χ2n) is 3.44. The Hall–Kier alpha value is -2.23. The fraction of sp³-hybridized carbons (Fsp3) is 0.154. The summed E-state index contributed by atoms with van der Waals surface area (Å²) >= 11 is 0. The number of furan rings is 1. The standard InChI is InChI=1S/C13H12O4/c1-15-13(14)11-2-4-12(5-3-11)17-9-10-6-7-16-8-10/h2-8H,9H2,1H3. The molecule has 0 aliphatic carbocycles. The van der Waals surface area contributed by atoms with Crippen LogP contribution in [0.2, 0.25) is 0 Å². The molecule has 0 aliphatic heterocycles. The van der Waals surface area contributed by atoms with E-state index in [-0.39, 0.29) is 5.97 Å². The molecule has 0 amide bonds. The molecule has 1 aromatic carbocycles. The maximum Gasteiger partial charge on any atom is 0.337 e. The summed E-state index contributed by atoms with van der Waals surface area (Å²) in [5, 5.41) is 0. The Morgan fingerprint density at radius 2 is 2.00 bits per heavy atom. The molecule has 0 saturated carbocycles. The second-order valence-corrected chi connectivity index (χ2v) is 3.44. The highest BCUT2D eigenvalue weighted by molar-refractivity contribution is 5.89. The van der Waals surface area contributed by atoms with E-state index in [9.17, 15) is 4.79 Å². The third kappa shape index (κ3) is 2.87. The van der Waals surface area contributed by atoms with Gasteiger partial charge in [-0.1, -0.05) is 0 Å². The van der Waals surface area contributed by atoms with Gasteiger partial charge in [0.1, 0.15) is 12.4 Å². The predicted octanol–water partition coefficient (Wildman–Crippen LogP) is 2.65. The van der Waals surface area contributed by atoms with E-state index in [0.29, 0.717) is 17.9 Å². The highest BCUT2D eigenvalue weighted by Gasteiger charge is 2.04. The van der Waals surface area contributed by atoms with Crippen molar-refractivity contribution in [1.29, 1.82) is 0 Å². The molecular weight excluding hydrogens is 220 g/mol. The van der Waals surface area contributed by atoms with E-state index in [1.54, 1.807) is 36.8 Å². The van der Waals surface area contributed by atoms with E-state index < -0.39 is 0 Å². The summed E-state index contributed by atoms with van der Waals surface area (Å²) < 4.78 is 15.0. The molecule has 0 spiro atoms. The number of carbonyl (C=O) groups is 1.